The monoisotopic (exact) mass is 345 g/mol. The topological polar surface area (TPSA) is 59.8 Å². The van der Waals surface area contributed by atoms with E-state index in [2.05, 4.69) is 0 Å². The normalized spacial score (nSPS) is 20.2. The molecule has 1 fully saturated rings. The van der Waals surface area contributed by atoms with E-state index in [1.165, 1.54) is 18.7 Å². The van der Waals surface area contributed by atoms with E-state index in [4.69, 9.17) is 9.15 Å². The minimum Gasteiger partial charge on any atom is -0.466 e. The molecule has 0 aliphatic carbocycles. The maximum Gasteiger partial charge on any atom is 0.330 e. The zero-order chi connectivity index (χ0) is 17.1. The van der Waals surface area contributed by atoms with Crippen molar-refractivity contribution in [2.45, 2.75) is 31.9 Å². The fraction of sp³-hybridized carbons (Fsp3) is 0.333. The van der Waals surface area contributed by atoms with Crippen LogP contribution in [-0.2, 0) is 20.9 Å². The summed E-state index contributed by atoms with van der Waals surface area (Å²) in [5, 5.41) is -0.283. The number of thioether (sulfide) groups is 1. The molecule has 0 bridgehead atoms. The van der Waals surface area contributed by atoms with Gasteiger partial charge in [-0.05, 0) is 24.6 Å². The lowest BCUT2D eigenvalue weighted by Crippen LogP contribution is -2.42. The molecule has 1 amide bonds. The van der Waals surface area contributed by atoms with Crippen molar-refractivity contribution in [2.24, 2.45) is 0 Å². The first kappa shape index (κ1) is 16.6. The van der Waals surface area contributed by atoms with E-state index in [-0.39, 0.29) is 23.9 Å². The van der Waals surface area contributed by atoms with Crippen molar-refractivity contribution in [1.29, 1.82) is 0 Å². The third kappa shape index (κ3) is 3.48. The maximum absolute atomic E-state index is 12.5. The molecule has 0 saturated carbocycles. The van der Waals surface area contributed by atoms with E-state index in [9.17, 15) is 9.59 Å². The molecule has 1 aromatic heterocycles. The van der Waals surface area contributed by atoms with Gasteiger partial charge in [-0.25, -0.2) is 4.79 Å². The van der Waals surface area contributed by atoms with Crippen molar-refractivity contribution in [3.05, 3.63) is 59.5 Å². The zero-order valence-electron chi connectivity index (χ0n) is 13.6. The van der Waals surface area contributed by atoms with Crippen LogP contribution in [0.1, 0.15) is 29.2 Å². The smallest absolute Gasteiger partial charge is 0.330 e. The van der Waals surface area contributed by atoms with Crippen LogP contribution in [0.3, 0.4) is 0 Å². The van der Waals surface area contributed by atoms with Crippen LogP contribution in [0.4, 0.5) is 0 Å². The Kier molecular flexibility index (Phi) is 4.94. The highest BCUT2D eigenvalue weighted by molar-refractivity contribution is 7.99. The molecule has 2 heterocycles. The fourth-order valence-electron chi connectivity index (χ4n) is 2.66. The standard InChI is InChI=1S/C18H19NO4S/c1-12-5-7-14(8-6-12)10-23-18(21)15-11-24-17(19(15)13(2)20)16-4-3-9-22-16/h3-9,15,17H,10-11H2,1-2H3/t15-,17+/m1/s1. The van der Waals surface area contributed by atoms with Crippen LogP contribution < -0.4 is 0 Å². The predicted molar refractivity (Wildman–Crippen MR) is 91.2 cm³/mol. The molecule has 2 aromatic rings. The SMILES string of the molecule is CC(=O)N1[C@@H](C(=O)OCc2ccc(C)cc2)CS[C@H]1c1ccco1. The Morgan fingerprint density at radius 1 is 1.29 bits per heavy atom. The number of aryl methyl sites for hydroxylation is 1. The number of benzene rings is 1. The summed E-state index contributed by atoms with van der Waals surface area (Å²) in [4.78, 5) is 26.0. The van der Waals surface area contributed by atoms with Gasteiger partial charge in [0.25, 0.3) is 0 Å². The second kappa shape index (κ2) is 7.13. The molecule has 0 N–H and O–H groups in total. The van der Waals surface area contributed by atoms with Crippen molar-refractivity contribution in [1.82, 2.24) is 4.90 Å². The van der Waals surface area contributed by atoms with Crippen molar-refractivity contribution in [3.8, 4) is 0 Å². The quantitative estimate of drug-likeness (QED) is 0.796. The van der Waals surface area contributed by atoms with Crippen LogP contribution >= 0.6 is 11.8 Å². The lowest BCUT2D eigenvalue weighted by atomic mass is 10.2. The average Bonchev–Trinajstić information content (AvgIpc) is 3.22. The van der Waals surface area contributed by atoms with Crippen LogP contribution in [0.2, 0.25) is 0 Å². The molecular weight excluding hydrogens is 326 g/mol. The molecule has 24 heavy (non-hydrogen) atoms. The summed E-state index contributed by atoms with van der Waals surface area (Å²) in [6.07, 6.45) is 1.57. The Morgan fingerprint density at radius 3 is 2.67 bits per heavy atom. The summed E-state index contributed by atoms with van der Waals surface area (Å²) < 4.78 is 10.8. The lowest BCUT2D eigenvalue weighted by Gasteiger charge is -2.25. The summed E-state index contributed by atoms with van der Waals surface area (Å²) in [5.41, 5.74) is 2.08. The lowest BCUT2D eigenvalue weighted by molar-refractivity contribution is -0.154. The number of hydrogen-bond donors (Lipinski definition) is 0. The summed E-state index contributed by atoms with van der Waals surface area (Å²) >= 11 is 1.51. The van der Waals surface area contributed by atoms with E-state index in [1.54, 1.807) is 17.2 Å². The third-order valence-electron chi connectivity index (χ3n) is 3.92. The third-order valence-corrected chi connectivity index (χ3v) is 5.21. The van der Waals surface area contributed by atoms with Crippen molar-refractivity contribution < 1.29 is 18.7 Å². The number of nitrogens with zero attached hydrogens (tertiary/aromatic N) is 1. The number of furan rings is 1. The van der Waals surface area contributed by atoms with Gasteiger partial charge in [0.15, 0.2) is 0 Å². The van der Waals surface area contributed by atoms with E-state index < -0.39 is 6.04 Å². The summed E-state index contributed by atoms with van der Waals surface area (Å²) in [6, 6.07) is 10.8. The van der Waals surface area contributed by atoms with Crippen molar-refractivity contribution in [2.75, 3.05) is 5.75 Å². The molecule has 1 aromatic carbocycles. The molecule has 5 nitrogen and oxygen atoms in total. The van der Waals surface area contributed by atoms with Gasteiger partial charge in [0.1, 0.15) is 23.8 Å². The van der Waals surface area contributed by atoms with Crippen LogP contribution in [0.15, 0.2) is 47.1 Å². The van der Waals surface area contributed by atoms with Gasteiger partial charge in [0.2, 0.25) is 5.91 Å². The van der Waals surface area contributed by atoms with E-state index in [0.717, 1.165) is 11.1 Å². The Morgan fingerprint density at radius 2 is 2.04 bits per heavy atom. The van der Waals surface area contributed by atoms with Gasteiger partial charge < -0.3 is 14.1 Å². The van der Waals surface area contributed by atoms with Gasteiger partial charge >= 0.3 is 5.97 Å². The molecule has 0 spiro atoms. The minimum atomic E-state index is -0.590. The van der Waals surface area contributed by atoms with Gasteiger partial charge in [-0.3, -0.25) is 4.79 Å². The molecule has 2 atom stereocenters. The van der Waals surface area contributed by atoms with Crippen molar-refractivity contribution >= 4 is 23.6 Å². The van der Waals surface area contributed by atoms with Gasteiger partial charge in [0, 0.05) is 12.7 Å². The van der Waals surface area contributed by atoms with Gasteiger partial charge in [-0.2, -0.15) is 0 Å². The largest absolute Gasteiger partial charge is 0.466 e. The Labute approximate surface area is 145 Å². The van der Waals surface area contributed by atoms with Crippen LogP contribution in [-0.4, -0.2) is 28.6 Å². The molecule has 1 aliphatic rings. The van der Waals surface area contributed by atoms with Gasteiger partial charge in [0.05, 0.1) is 6.26 Å². The van der Waals surface area contributed by atoms with E-state index >= 15 is 0 Å². The number of carbonyl (C=O) groups is 2. The molecule has 1 saturated heterocycles. The minimum absolute atomic E-state index is 0.168. The molecule has 3 rings (SSSR count). The number of esters is 1. The summed E-state index contributed by atoms with van der Waals surface area (Å²) in [6.45, 7) is 3.67. The fourth-order valence-corrected chi connectivity index (χ4v) is 4.07. The first-order valence-electron chi connectivity index (χ1n) is 7.72. The summed E-state index contributed by atoms with van der Waals surface area (Å²) in [5.74, 6) is 0.618. The molecule has 0 unspecified atom stereocenters. The second-order valence-electron chi connectivity index (χ2n) is 5.74. The van der Waals surface area contributed by atoms with Gasteiger partial charge in [-0.15, -0.1) is 11.8 Å². The number of hydrogen-bond acceptors (Lipinski definition) is 5. The number of ether oxygens (including phenoxy) is 1. The molecule has 0 radical (unpaired) electrons. The number of carbonyl (C=O) groups excluding carboxylic acids is 2. The zero-order valence-corrected chi connectivity index (χ0v) is 14.4. The van der Waals surface area contributed by atoms with Crippen LogP contribution in [0.25, 0.3) is 0 Å². The Bertz CT molecular complexity index is 711. The molecule has 1 aliphatic heterocycles. The maximum atomic E-state index is 12.5. The number of amides is 1. The van der Waals surface area contributed by atoms with Crippen LogP contribution in [0, 0.1) is 6.92 Å². The molecular formula is C18H19NO4S. The molecule has 126 valence electrons. The first-order valence-corrected chi connectivity index (χ1v) is 8.77. The Balaban J connectivity index is 1.67. The van der Waals surface area contributed by atoms with Crippen molar-refractivity contribution in [3.63, 3.8) is 0 Å². The van der Waals surface area contributed by atoms with E-state index in [1.807, 2.05) is 37.3 Å². The predicted octanol–water partition coefficient (Wildman–Crippen LogP) is 3.29. The highest BCUT2D eigenvalue weighted by Crippen LogP contribution is 2.41. The van der Waals surface area contributed by atoms with Gasteiger partial charge in [-0.1, -0.05) is 29.8 Å². The summed E-state index contributed by atoms with van der Waals surface area (Å²) in [7, 11) is 0. The van der Waals surface area contributed by atoms with Crippen LogP contribution in [0.5, 0.6) is 0 Å². The highest BCUT2D eigenvalue weighted by Gasteiger charge is 2.43. The number of rotatable bonds is 4. The second-order valence-corrected chi connectivity index (χ2v) is 6.85. The first-order chi connectivity index (χ1) is 11.6. The highest BCUT2D eigenvalue weighted by atomic mass is 32.2. The van der Waals surface area contributed by atoms with E-state index in [0.29, 0.717) is 11.5 Å². The molecule has 6 heteroatoms. The average molecular weight is 345 g/mol. The Hall–Kier alpha value is -2.21.